The number of fused-ring (bicyclic) bond motifs is 3. The summed E-state index contributed by atoms with van der Waals surface area (Å²) in [4.78, 5) is 5.97. The quantitative estimate of drug-likeness (QED) is 0.669. The largest absolute Gasteiger partial charge is 0.404 e. The monoisotopic (exact) mass is 401 g/mol. The lowest BCUT2D eigenvalue weighted by Crippen LogP contribution is -2.41. The molecule has 1 fully saturated rings. The van der Waals surface area contributed by atoms with Crippen molar-refractivity contribution in [2.75, 3.05) is 23.7 Å². The Hall–Kier alpha value is -2.54. The van der Waals surface area contributed by atoms with Crippen molar-refractivity contribution in [3.63, 3.8) is 0 Å². The maximum atomic E-state index is 12.4. The van der Waals surface area contributed by atoms with Crippen LogP contribution in [0.1, 0.15) is 6.42 Å². The van der Waals surface area contributed by atoms with E-state index in [2.05, 4.69) is 30.1 Å². The zero-order valence-electron chi connectivity index (χ0n) is 13.7. The van der Waals surface area contributed by atoms with E-state index in [0.29, 0.717) is 29.9 Å². The van der Waals surface area contributed by atoms with Crippen LogP contribution in [-0.4, -0.2) is 64.9 Å². The summed E-state index contributed by atoms with van der Waals surface area (Å²) >= 11 is 0. The number of halogens is 3. The second-order valence-corrected chi connectivity index (χ2v) is 8.04. The van der Waals surface area contributed by atoms with E-state index in [1.807, 2.05) is 4.90 Å². The number of nitrogens with zero attached hydrogens (tertiary/aromatic N) is 5. The molecule has 0 aromatic carbocycles. The fourth-order valence-electron chi connectivity index (χ4n) is 3.26. The summed E-state index contributed by atoms with van der Waals surface area (Å²) in [6.07, 6.45) is -1.24. The van der Waals surface area contributed by atoms with Gasteiger partial charge in [0.05, 0.1) is 17.3 Å². The molecule has 3 aromatic rings. The molecule has 1 atom stereocenters. The Bertz CT molecular complexity index is 1100. The SMILES string of the molecule is O=S(=O)(CC(F)(F)F)NC1CCN(c2cn[nH]c3nnc4nccc4c23)C1. The molecule has 27 heavy (non-hydrogen) atoms. The van der Waals surface area contributed by atoms with Crippen molar-refractivity contribution in [3.8, 4) is 0 Å². The molecule has 144 valence electrons. The molecule has 0 amide bonds. The number of anilines is 1. The number of sulfonamides is 1. The standard InChI is InChI=1S/C14H14F3N7O2S/c15-14(16,17)7-27(25,26)23-8-2-4-24(6-8)10-5-19-20-13-11(10)9-1-3-18-12(9)21-22-13/h1,3,5,8,23H,2,4,6-7H2,(H,20,22). The van der Waals surface area contributed by atoms with Crippen molar-refractivity contribution < 1.29 is 21.6 Å². The molecule has 9 nitrogen and oxygen atoms in total. The van der Waals surface area contributed by atoms with Crippen LogP contribution in [0, 0.1) is 0 Å². The Kier molecular flexibility index (Phi) is 4.14. The van der Waals surface area contributed by atoms with Crippen LogP contribution >= 0.6 is 0 Å². The van der Waals surface area contributed by atoms with Gasteiger partial charge in [-0.2, -0.15) is 18.3 Å². The lowest BCUT2D eigenvalue weighted by Gasteiger charge is -2.20. The van der Waals surface area contributed by atoms with Crippen LogP contribution in [0.5, 0.6) is 0 Å². The van der Waals surface area contributed by atoms with E-state index in [1.54, 1.807) is 18.5 Å². The van der Waals surface area contributed by atoms with Gasteiger partial charge in [-0.25, -0.2) is 18.1 Å². The average molecular weight is 401 g/mol. The van der Waals surface area contributed by atoms with Crippen molar-refractivity contribution in [1.29, 1.82) is 0 Å². The second kappa shape index (κ2) is 6.27. The predicted molar refractivity (Wildman–Crippen MR) is 90.6 cm³/mol. The number of aromatic amines is 1. The van der Waals surface area contributed by atoms with E-state index in [0.717, 1.165) is 10.8 Å². The molecule has 0 bridgehead atoms. The van der Waals surface area contributed by atoms with Crippen LogP contribution in [0.2, 0.25) is 0 Å². The number of nitrogens with one attached hydrogen (secondary N) is 2. The molecule has 1 aliphatic heterocycles. The van der Waals surface area contributed by atoms with E-state index in [-0.39, 0.29) is 6.54 Å². The van der Waals surface area contributed by atoms with Gasteiger partial charge in [0.2, 0.25) is 10.0 Å². The first-order valence-electron chi connectivity index (χ1n) is 7.98. The summed E-state index contributed by atoms with van der Waals surface area (Å²) in [5.41, 5.74) is 1.59. The van der Waals surface area contributed by atoms with Crippen LogP contribution in [0.4, 0.5) is 18.9 Å². The van der Waals surface area contributed by atoms with Crippen molar-refractivity contribution in [2.24, 2.45) is 0 Å². The number of aromatic nitrogens is 5. The van der Waals surface area contributed by atoms with Crippen LogP contribution in [0.3, 0.4) is 0 Å². The molecular weight excluding hydrogens is 387 g/mol. The third-order valence-electron chi connectivity index (χ3n) is 4.27. The Morgan fingerprint density at radius 1 is 1.33 bits per heavy atom. The van der Waals surface area contributed by atoms with E-state index < -0.39 is 28.0 Å². The smallest absolute Gasteiger partial charge is 0.368 e. The lowest BCUT2D eigenvalue weighted by molar-refractivity contribution is -0.106. The number of alkyl halides is 3. The first-order valence-corrected chi connectivity index (χ1v) is 9.63. The van der Waals surface area contributed by atoms with E-state index in [4.69, 9.17) is 0 Å². The van der Waals surface area contributed by atoms with Gasteiger partial charge in [-0.15, -0.1) is 10.2 Å². The third kappa shape index (κ3) is 3.64. The van der Waals surface area contributed by atoms with Crippen LogP contribution < -0.4 is 9.62 Å². The minimum atomic E-state index is -4.78. The molecule has 3 aromatic heterocycles. The Morgan fingerprint density at radius 3 is 2.93 bits per heavy atom. The van der Waals surface area contributed by atoms with Gasteiger partial charge in [-0.1, -0.05) is 0 Å². The van der Waals surface area contributed by atoms with Crippen LogP contribution in [0.25, 0.3) is 22.1 Å². The summed E-state index contributed by atoms with van der Waals surface area (Å²) in [5.74, 6) is -1.89. The molecule has 1 aliphatic rings. The van der Waals surface area contributed by atoms with E-state index in [9.17, 15) is 21.6 Å². The van der Waals surface area contributed by atoms with Crippen molar-refractivity contribution in [3.05, 3.63) is 18.5 Å². The summed E-state index contributed by atoms with van der Waals surface area (Å²) in [5, 5.41) is 16.3. The maximum absolute atomic E-state index is 12.4. The third-order valence-corrected chi connectivity index (χ3v) is 5.67. The Balaban J connectivity index is 1.60. The summed E-state index contributed by atoms with van der Waals surface area (Å²) in [6.45, 7) is 0.674. The highest BCUT2D eigenvalue weighted by Gasteiger charge is 2.37. The predicted octanol–water partition coefficient (Wildman–Crippen LogP) is 0.962. The summed E-state index contributed by atoms with van der Waals surface area (Å²) in [6, 6.07) is 1.16. The second-order valence-electron chi connectivity index (χ2n) is 6.28. The van der Waals surface area contributed by atoms with E-state index >= 15 is 0 Å². The van der Waals surface area contributed by atoms with Gasteiger partial charge in [-0.05, 0) is 12.5 Å². The highest BCUT2D eigenvalue weighted by Crippen LogP contribution is 2.31. The molecule has 4 rings (SSSR count). The Morgan fingerprint density at radius 2 is 2.15 bits per heavy atom. The molecule has 1 unspecified atom stereocenters. The molecule has 0 spiro atoms. The van der Waals surface area contributed by atoms with Crippen molar-refractivity contribution in [2.45, 2.75) is 18.6 Å². The van der Waals surface area contributed by atoms with Gasteiger partial charge in [0.15, 0.2) is 17.0 Å². The first-order chi connectivity index (χ1) is 12.7. The molecule has 0 aliphatic carbocycles. The highest BCUT2D eigenvalue weighted by molar-refractivity contribution is 7.89. The van der Waals surface area contributed by atoms with Gasteiger partial charge in [0.1, 0.15) is 0 Å². The molecule has 2 N–H and O–H groups in total. The average Bonchev–Trinajstić information content (AvgIpc) is 3.20. The lowest BCUT2D eigenvalue weighted by atomic mass is 10.2. The van der Waals surface area contributed by atoms with Gasteiger partial charge in [0.25, 0.3) is 0 Å². The molecule has 13 heteroatoms. The molecular formula is C14H14F3N7O2S. The maximum Gasteiger partial charge on any atom is 0.404 e. The summed E-state index contributed by atoms with van der Waals surface area (Å²) < 4.78 is 62.7. The minimum absolute atomic E-state index is 0.218. The van der Waals surface area contributed by atoms with Crippen molar-refractivity contribution >= 4 is 37.8 Å². The van der Waals surface area contributed by atoms with Crippen LogP contribution in [-0.2, 0) is 10.0 Å². The molecule has 0 saturated carbocycles. The van der Waals surface area contributed by atoms with E-state index in [1.165, 1.54) is 0 Å². The zero-order chi connectivity index (χ0) is 19.2. The number of H-pyrrole nitrogens is 1. The van der Waals surface area contributed by atoms with Crippen molar-refractivity contribution in [1.82, 2.24) is 30.1 Å². The number of rotatable bonds is 4. The van der Waals surface area contributed by atoms with Gasteiger partial charge < -0.3 is 4.90 Å². The topological polar surface area (TPSA) is 117 Å². The molecule has 0 radical (unpaired) electrons. The normalized spacial score (nSPS) is 18.6. The fourth-order valence-corrected chi connectivity index (χ4v) is 4.47. The number of hydrogen-bond acceptors (Lipinski definition) is 7. The van der Waals surface area contributed by atoms with Gasteiger partial charge in [-0.3, -0.25) is 5.10 Å². The van der Waals surface area contributed by atoms with Gasteiger partial charge in [0, 0.05) is 30.7 Å². The minimum Gasteiger partial charge on any atom is -0.368 e. The fraction of sp³-hybridized carbons (Fsp3) is 0.429. The molecule has 1 saturated heterocycles. The number of hydrogen-bond donors (Lipinski definition) is 2. The summed E-state index contributed by atoms with van der Waals surface area (Å²) in [7, 11) is -4.45. The highest BCUT2D eigenvalue weighted by atomic mass is 32.2. The Labute approximate surface area is 151 Å². The van der Waals surface area contributed by atoms with Crippen LogP contribution in [0.15, 0.2) is 18.5 Å². The molecule has 4 heterocycles. The van der Waals surface area contributed by atoms with Gasteiger partial charge >= 0.3 is 6.18 Å². The zero-order valence-corrected chi connectivity index (χ0v) is 14.5. The first kappa shape index (κ1) is 17.9.